The Labute approximate surface area is 110 Å². The van der Waals surface area contributed by atoms with E-state index in [1.165, 1.54) is 11.1 Å². The van der Waals surface area contributed by atoms with E-state index in [1.54, 1.807) is 12.3 Å². The van der Waals surface area contributed by atoms with E-state index in [9.17, 15) is 9.59 Å². The highest BCUT2D eigenvalue weighted by Gasteiger charge is 2.31. The molecule has 0 radical (unpaired) electrons. The first kappa shape index (κ1) is 12.8. The van der Waals surface area contributed by atoms with Crippen molar-refractivity contribution in [1.82, 2.24) is 15.2 Å². The van der Waals surface area contributed by atoms with Crippen molar-refractivity contribution in [2.24, 2.45) is 0 Å². The van der Waals surface area contributed by atoms with Crippen molar-refractivity contribution in [2.45, 2.75) is 25.9 Å². The van der Waals surface area contributed by atoms with Crippen molar-refractivity contribution in [1.29, 1.82) is 0 Å². The molecule has 1 aromatic heterocycles. The summed E-state index contributed by atoms with van der Waals surface area (Å²) in [6, 6.07) is 1.33. The number of carbonyl (C=O) groups excluding carboxylic acids is 2. The highest BCUT2D eigenvalue weighted by molar-refractivity contribution is 6.31. The molecule has 6 heteroatoms. The SMILES string of the molecule is CCC1NC(=O)CN(Cc2ccncc2Cl)C1=O. The van der Waals surface area contributed by atoms with Crippen molar-refractivity contribution in [3.8, 4) is 0 Å². The van der Waals surface area contributed by atoms with Crippen molar-refractivity contribution in [3.63, 3.8) is 0 Å². The van der Waals surface area contributed by atoms with Crippen LogP contribution in [0.2, 0.25) is 5.02 Å². The average molecular weight is 268 g/mol. The van der Waals surface area contributed by atoms with E-state index >= 15 is 0 Å². The lowest BCUT2D eigenvalue weighted by Gasteiger charge is -2.32. The molecule has 0 aromatic carbocycles. The third kappa shape index (κ3) is 2.61. The molecule has 96 valence electrons. The normalized spacial score (nSPS) is 19.9. The van der Waals surface area contributed by atoms with Gasteiger partial charge in [-0.25, -0.2) is 0 Å². The smallest absolute Gasteiger partial charge is 0.245 e. The van der Waals surface area contributed by atoms with Gasteiger partial charge in [-0.05, 0) is 18.1 Å². The van der Waals surface area contributed by atoms with Crippen LogP contribution in [0.25, 0.3) is 0 Å². The summed E-state index contributed by atoms with van der Waals surface area (Å²) in [5.41, 5.74) is 0.796. The fraction of sp³-hybridized carbons (Fsp3) is 0.417. The third-order valence-electron chi connectivity index (χ3n) is 2.91. The van der Waals surface area contributed by atoms with E-state index in [4.69, 9.17) is 11.6 Å². The highest BCUT2D eigenvalue weighted by Crippen LogP contribution is 2.17. The number of halogens is 1. The van der Waals surface area contributed by atoms with Gasteiger partial charge in [-0.2, -0.15) is 0 Å². The molecule has 0 aliphatic carbocycles. The molecular weight excluding hydrogens is 254 g/mol. The minimum atomic E-state index is -0.424. The largest absolute Gasteiger partial charge is 0.343 e. The Kier molecular flexibility index (Phi) is 3.81. The summed E-state index contributed by atoms with van der Waals surface area (Å²) in [6.45, 7) is 2.28. The van der Waals surface area contributed by atoms with Gasteiger partial charge in [-0.1, -0.05) is 18.5 Å². The zero-order valence-corrected chi connectivity index (χ0v) is 10.8. The summed E-state index contributed by atoms with van der Waals surface area (Å²) < 4.78 is 0. The Bertz CT molecular complexity index is 478. The number of nitrogens with one attached hydrogen (secondary N) is 1. The Hall–Kier alpha value is -1.62. The number of nitrogens with zero attached hydrogens (tertiary/aromatic N) is 2. The minimum absolute atomic E-state index is 0.0648. The van der Waals surface area contributed by atoms with E-state index in [-0.39, 0.29) is 18.4 Å². The fourth-order valence-electron chi connectivity index (χ4n) is 1.92. The van der Waals surface area contributed by atoms with Gasteiger partial charge < -0.3 is 10.2 Å². The third-order valence-corrected chi connectivity index (χ3v) is 3.25. The van der Waals surface area contributed by atoms with E-state index in [0.29, 0.717) is 18.0 Å². The van der Waals surface area contributed by atoms with E-state index in [0.717, 1.165) is 5.56 Å². The first-order chi connectivity index (χ1) is 8.61. The zero-order valence-electron chi connectivity index (χ0n) is 10.0. The van der Waals surface area contributed by atoms with Crippen LogP contribution in [0.15, 0.2) is 18.5 Å². The number of piperazine rings is 1. The van der Waals surface area contributed by atoms with Crippen LogP contribution in [0.1, 0.15) is 18.9 Å². The number of hydrogen-bond acceptors (Lipinski definition) is 3. The van der Waals surface area contributed by atoms with Crippen molar-refractivity contribution >= 4 is 23.4 Å². The molecular formula is C12H14ClN3O2. The molecule has 18 heavy (non-hydrogen) atoms. The van der Waals surface area contributed by atoms with Gasteiger partial charge in [0.15, 0.2) is 0 Å². The summed E-state index contributed by atoms with van der Waals surface area (Å²) in [4.78, 5) is 29.0. The van der Waals surface area contributed by atoms with Gasteiger partial charge in [0.25, 0.3) is 0 Å². The maximum atomic E-state index is 12.1. The molecule has 1 aliphatic heterocycles. The highest BCUT2D eigenvalue weighted by atomic mass is 35.5. The van der Waals surface area contributed by atoms with Crippen molar-refractivity contribution in [3.05, 3.63) is 29.0 Å². The number of rotatable bonds is 3. The van der Waals surface area contributed by atoms with Crippen LogP contribution in [0.4, 0.5) is 0 Å². The van der Waals surface area contributed by atoms with E-state index in [2.05, 4.69) is 10.3 Å². The molecule has 5 nitrogen and oxygen atoms in total. The summed E-state index contributed by atoms with van der Waals surface area (Å²) in [5.74, 6) is -0.198. The van der Waals surface area contributed by atoms with Gasteiger partial charge in [0, 0.05) is 18.9 Å². The number of hydrogen-bond donors (Lipinski definition) is 1. The van der Waals surface area contributed by atoms with Crippen LogP contribution in [-0.4, -0.2) is 34.3 Å². The molecule has 1 aliphatic rings. The van der Waals surface area contributed by atoms with Gasteiger partial charge in [0.2, 0.25) is 11.8 Å². The molecule has 0 bridgehead atoms. The molecule has 1 saturated heterocycles. The Morgan fingerprint density at radius 2 is 2.33 bits per heavy atom. The maximum absolute atomic E-state index is 12.1. The number of aromatic nitrogens is 1. The van der Waals surface area contributed by atoms with E-state index < -0.39 is 6.04 Å². The minimum Gasteiger partial charge on any atom is -0.343 e. The number of amides is 2. The molecule has 1 N–H and O–H groups in total. The average Bonchev–Trinajstić information content (AvgIpc) is 2.36. The molecule has 1 aromatic rings. The summed E-state index contributed by atoms with van der Waals surface area (Å²) >= 11 is 6.00. The molecule has 2 heterocycles. The van der Waals surface area contributed by atoms with Gasteiger partial charge in [-0.15, -0.1) is 0 Å². The standard InChI is InChI=1S/C12H14ClN3O2/c1-2-10-12(18)16(7-11(17)15-10)6-8-3-4-14-5-9(8)13/h3-5,10H,2,6-7H2,1H3,(H,15,17). The lowest BCUT2D eigenvalue weighted by molar-refractivity contribution is -0.144. The zero-order chi connectivity index (χ0) is 13.1. The lowest BCUT2D eigenvalue weighted by atomic mass is 10.1. The van der Waals surface area contributed by atoms with Crippen LogP contribution >= 0.6 is 11.6 Å². The van der Waals surface area contributed by atoms with Crippen LogP contribution < -0.4 is 5.32 Å². The first-order valence-corrected chi connectivity index (χ1v) is 6.16. The summed E-state index contributed by atoms with van der Waals surface area (Å²) in [6.07, 6.45) is 3.74. The molecule has 0 spiro atoms. The first-order valence-electron chi connectivity index (χ1n) is 5.78. The molecule has 1 atom stereocenters. The van der Waals surface area contributed by atoms with Crippen LogP contribution in [0, 0.1) is 0 Å². The van der Waals surface area contributed by atoms with Crippen LogP contribution in [0.3, 0.4) is 0 Å². The van der Waals surface area contributed by atoms with Crippen LogP contribution in [0.5, 0.6) is 0 Å². The van der Waals surface area contributed by atoms with Gasteiger partial charge in [0.05, 0.1) is 11.6 Å². The second kappa shape index (κ2) is 5.35. The van der Waals surface area contributed by atoms with Gasteiger partial charge >= 0.3 is 0 Å². The van der Waals surface area contributed by atoms with Gasteiger partial charge in [-0.3, -0.25) is 14.6 Å². The fourth-order valence-corrected chi connectivity index (χ4v) is 2.10. The second-order valence-electron chi connectivity index (χ2n) is 4.19. The summed E-state index contributed by atoms with van der Waals surface area (Å²) in [5, 5.41) is 3.17. The van der Waals surface area contributed by atoms with Crippen LogP contribution in [-0.2, 0) is 16.1 Å². The molecule has 1 fully saturated rings. The Morgan fingerprint density at radius 1 is 1.56 bits per heavy atom. The quantitative estimate of drug-likeness (QED) is 0.888. The predicted molar refractivity (Wildman–Crippen MR) is 66.9 cm³/mol. The molecule has 0 saturated carbocycles. The topological polar surface area (TPSA) is 62.3 Å². The molecule has 1 unspecified atom stereocenters. The predicted octanol–water partition coefficient (Wildman–Crippen LogP) is 0.972. The Balaban J connectivity index is 2.15. The molecule has 2 amide bonds. The summed E-state index contributed by atoms with van der Waals surface area (Å²) in [7, 11) is 0. The lowest BCUT2D eigenvalue weighted by Crippen LogP contribution is -2.57. The van der Waals surface area contributed by atoms with E-state index in [1.807, 2.05) is 6.92 Å². The van der Waals surface area contributed by atoms with Crippen molar-refractivity contribution < 1.29 is 9.59 Å². The second-order valence-corrected chi connectivity index (χ2v) is 4.60. The number of pyridine rings is 1. The molecule has 2 rings (SSSR count). The van der Waals surface area contributed by atoms with Crippen molar-refractivity contribution in [2.75, 3.05) is 6.54 Å². The Morgan fingerprint density at radius 3 is 3.00 bits per heavy atom. The number of carbonyl (C=O) groups is 2. The maximum Gasteiger partial charge on any atom is 0.245 e. The monoisotopic (exact) mass is 267 g/mol. The van der Waals surface area contributed by atoms with Gasteiger partial charge in [0.1, 0.15) is 6.04 Å².